The van der Waals surface area contributed by atoms with Crippen molar-refractivity contribution in [3.05, 3.63) is 29.6 Å². The highest BCUT2D eigenvalue weighted by atomic mass is 19.1. The first kappa shape index (κ1) is 11.4. The van der Waals surface area contributed by atoms with Crippen molar-refractivity contribution in [3.63, 3.8) is 0 Å². The van der Waals surface area contributed by atoms with Crippen molar-refractivity contribution in [2.45, 2.75) is 25.5 Å². The normalized spacial score (nSPS) is 20.4. The molecule has 88 valence electrons. The van der Waals surface area contributed by atoms with Crippen LogP contribution in [0.5, 0.6) is 0 Å². The highest BCUT2D eigenvalue weighted by molar-refractivity contribution is 5.51. The van der Waals surface area contributed by atoms with Crippen molar-refractivity contribution >= 4 is 5.69 Å². The number of anilines is 1. The molecule has 0 bridgehead atoms. The van der Waals surface area contributed by atoms with Gasteiger partial charge in [-0.2, -0.15) is 0 Å². The van der Waals surface area contributed by atoms with Crippen molar-refractivity contribution in [2.75, 3.05) is 18.1 Å². The highest BCUT2D eigenvalue weighted by Gasteiger charge is 2.25. The molecule has 0 aliphatic carbocycles. The van der Waals surface area contributed by atoms with Crippen LogP contribution in [0.4, 0.5) is 10.1 Å². The minimum Gasteiger partial charge on any atom is -0.394 e. The van der Waals surface area contributed by atoms with E-state index in [0.717, 1.165) is 19.4 Å². The Bertz CT molecular complexity index is 370. The van der Waals surface area contributed by atoms with E-state index < -0.39 is 0 Å². The summed E-state index contributed by atoms with van der Waals surface area (Å²) >= 11 is 0. The molecule has 0 saturated carbocycles. The van der Waals surface area contributed by atoms with E-state index in [1.54, 1.807) is 12.1 Å². The highest BCUT2D eigenvalue weighted by Crippen LogP contribution is 2.28. The first-order valence-electron chi connectivity index (χ1n) is 5.53. The molecule has 1 aromatic carbocycles. The third-order valence-electron chi connectivity index (χ3n) is 3.09. The van der Waals surface area contributed by atoms with Crippen molar-refractivity contribution in [3.8, 4) is 0 Å². The molecule has 1 heterocycles. The molecule has 1 aromatic rings. The fraction of sp³-hybridized carbons (Fsp3) is 0.500. The van der Waals surface area contributed by atoms with Crippen LogP contribution in [0, 0.1) is 5.82 Å². The number of hydrogen-bond acceptors (Lipinski definition) is 3. The number of benzene rings is 1. The van der Waals surface area contributed by atoms with Gasteiger partial charge in [-0.05, 0) is 30.5 Å². The number of aliphatic hydroxyl groups is 2. The summed E-state index contributed by atoms with van der Waals surface area (Å²) in [6.45, 7) is 0.683. The molecule has 1 atom stereocenters. The van der Waals surface area contributed by atoms with E-state index in [1.807, 2.05) is 4.90 Å². The van der Waals surface area contributed by atoms with Crippen LogP contribution in [-0.4, -0.2) is 29.4 Å². The van der Waals surface area contributed by atoms with Crippen LogP contribution in [-0.2, 0) is 6.61 Å². The predicted octanol–water partition coefficient (Wildman–Crippen LogP) is 1.28. The van der Waals surface area contributed by atoms with Gasteiger partial charge in [0.05, 0.1) is 24.9 Å². The Labute approximate surface area is 94.1 Å². The van der Waals surface area contributed by atoms with Gasteiger partial charge in [0.15, 0.2) is 0 Å². The van der Waals surface area contributed by atoms with Crippen molar-refractivity contribution < 1.29 is 14.6 Å². The summed E-state index contributed by atoms with van der Waals surface area (Å²) in [6.07, 6.45) is 1.88. The van der Waals surface area contributed by atoms with Crippen molar-refractivity contribution in [1.82, 2.24) is 0 Å². The number of rotatable bonds is 3. The minimum atomic E-state index is -0.327. The standard InChI is InChI=1S/C12H16FNO2/c13-11-6-9(7-15)3-4-12(11)14-5-1-2-10(14)8-16/h3-4,6,10,15-16H,1-2,5,7-8H2. The Morgan fingerprint density at radius 2 is 2.19 bits per heavy atom. The minimum absolute atomic E-state index is 0.0227. The van der Waals surface area contributed by atoms with E-state index in [4.69, 9.17) is 5.11 Å². The second kappa shape index (κ2) is 4.80. The van der Waals surface area contributed by atoms with Gasteiger partial charge in [0.2, 0.25) is 0 Å². The Morgan fingerprint density at radius 1 is 1.38 bits per heavy atom. The first-order valence-corrected chi connectivity index (χ1v) is 5.53. The molecule has 1 aliphatic heterocycles. The second-order valence-corrected chi connectivity index (χ2v) is 4.12. The average molecular weight is 225 g/mol. The summed E-state index contributed by atoms with van der Waals surface area (Å²) in [6, 6.07) is 4.76. The number of nitrogens with zero attached hydrogens (tertiary/aromatic N) is 1. The van der Waals surface area contributed by atoms with Crippen molar-refractivity contribution in [1.29, 1.82) is 0 Å². The van der Waals surface area contributed by atoms with Gasteiger partial charge in [0, 0.05) is 6.54 Å². The molecule has 0 aromatic heterocycles. The zero-order chi connectivity index (χ0) is 11.5. The summed E-state index contributed by atoms with van der Waals surface area (Å²) in [5, 5.41) is 18.1. The largest absolute Gasteiger partial charge is 0.394 e. The van der Waals surface area contributed by atoms with Crippen molar-refractivity contribution in [2.24, 2.45) is 0 Å². The zero-order valence-corrected chi connectivity index (χ0v) is 9.06. The quantitative estimate of drug-likeness (QED) is 0.814. The monoisotopic (exact) mass is 225 g/mol. The van der Waals surface area contributed by atoms with Crippen LogP contribution in [0.15, 0.2) is 18.2 Å². The Balaban J connectivity index is 2.26. The number of hydrogen-bond donors (Lipinski definition) is 2. The zero-order valence-electron chi connectivity index (χ0n) is 9.06. The summed E-state index contributed by atoms with van der Waals surface area (Å²) in [5.74, 6) is -0.327. The lowest BCUT2D eigenvalue weighted by Gasteiger charge is -2.25. The third-order valence-corrected chi connectivity index (χ3v) is 3.09. The van der Waals surface area contributed by atoms with Gasteiger partial charge in [0.1, 0.15) is 5.82 Å². The van der Waals surface area contributed by atoms with Gasteiger partial charge in [-0.3, -0.25) is 0 Å². The summed E-state index contributed by atoms with van der Waals surface area (Å²) in [7, 11) is 0. The van der Waals surface area contributed by atoms with Crippen LogP contribution in [0.1, 0.15) is 18.4 Å². The summed E-state index contributed by atoms with van der Waals surface area (Å²) < 4.78 is 13.8. The molecule has 4 heteroatoms. The van der Waals surface area contributed by atoms with Gasteiger partial charge in [-0.15, -0.1) is 0 Å². The molecule has 0 radical (unpaired) electrons. The van der Waals surface area contributed by atoms with Gasteiger partial charge in [-0.1, -0.05) is 6.07 Å². The molecule has 1 aliphatic rings. The molecule has 2 N–H and O–H groups in total. The molecule has 2 rings (SSSR count). The van der Waals surface area contributed by atoms with Gasteiger partial charge in [0.25, 0.3) is 0 Å². The topological polar surface area (TPSA) is 43.7 Å². The smallest absolute Gasteiger partial charge is 0.146 e. The van der Waals surface area contributed by atoms with Crippen LogP contribution >= 0.6 is 0 Å². The molecular weight excluding hydrogens is 209 g/mol. The second-order valence-electron chi connectivity index (χ2n) is 4.12. The van der Waals surface area contributed by atoms with Gasteiger partial charge < -0.3 is 15.1 Å². The lowest BCUT2D eigenvalue weighted by molar-refractivity contribution is 0.266. The molecule has 16 heavy (non-hydrogen) atoms. The molecule has 1 fully saturated rings. The fourth-order valence-corrected chi connectivity index (χ4v) is 2.22. The Morgan fingerprint density at radius 3 is 2.81 bits per heavy atom. The van der Waals surface area contributed by atoms with Crippen LogP contribution < -0.4 is 4.90 Å². The lowest BCUT2D eigenvalue weighted by atomic mass is 10.1. The maximum Gasteiger partial charge on any atom is 0.146 e. The van der Waals surface area contributed by atoms with Crippen LogP contribution in [0.2, 0.25) is 0 Å². The predicted molar refractivity (Wildman–Crippen MR) is 59.8 cm³/mol. The number of aliphatic hydroxyl groups excluding tert-OH is 2. The van der Waals surface area contributed by atoms with Gasteiger partial charge >= 0.3 is 0 Å². The molecule has 1 saturated heterocycles. The van der Waals surface area contributed by atoms with E-state index in [-0.39, 0.29) is 25.1 Å². The van der Waals surface area contributed by atoms with Crippen LogP contribution in [0.25, 0.3) is 0 Å². The van der Waals surface area contributed by atoms with Crippen LogP contribution in [0.3, 0.4) is 0 Å². The maximum atomic E-state index is 13.8. The van der Waals surface area contributed by atoms with E-state index in [0.29, 0.717) is 11.3 Å². The van der Waals surface area contributed by atoms with E-state index >= 15 is 0 Å². The number of halogens is 1. The third kappa shape index (κ3) is 2.03. The molecule has 0 spiro atoms. The van der Waals surface area contributed by atoms with E-state index in [2.05, 4.69) is 0 Å². The lowest BCUT2D eigenvalue weighted by Crippen LogP contribution is -2.32. The Kier molecular flexibility index (Phi) is 3.41. The molecule has 1 unspecified atom stereocenters. The van der Waals surface area contributed by atoms with Gasteiger partial charge in [-0.25, -0.2) is 4.39 Å². The Hall–Kier alpha value is -1.13. The van der Waals surface area contributed by atoms with E-state index in [9.17, 15) is 9.50 Å². The average Bonchev–Trinajstić information content (AvgIpc) is 2.76. The summed E-state index contributed by atoms with van der Waals surface area (Å²) in [5.41, 5.74) is 1.09. The molecular formula is C12H16FNO2. The molecule has 0 amide bonds. The van der Waals surface area contributed by atoms with E-state index in [1.165, 1.54) is 6.07 Å². The summed E-state index contributed by atoms with van der Waals surface area (Å²) in [4.78, 5) is 1.90. The SMILES string of the molecule is OCc1ccc(N2CCCC2CO)c(F)c1. The molecule has 3 nitrogen and oxygen atoms in total. The fourth-order valence-electron chi connectivity index (χ4n) is 2.22. The maximum absolute atomic E-state index is 13.8. The first-order chi connectivity index (χ1) is 7.76.